The molecule has 22 heavy (non-hydrogen) atoms. The Morgan fingerprint density at radius 3 is 2.68 bits per heavy atom. The molecule has 0 atom stereocenters. The molecule has 0 aliphatic carbocycles. The average Bonchev–Trinajstić information content (AvgIpc) is 2.92. The molecule has 0 spiro atoms. The Bertz CT molecular complexity index is 517. The summed E-state index contributed by atoms with van der Waals surface area (Å²) in [5.74, 6) is 1.48. The minimum atomic E-state index is -2.96. The van der Waals surface area contributed by atoms with E-state index in [0.29, 0.717) is 32.3 Å². The molecule has 0 amide bonds. The molecule has 0 aliphatic rings. The van der Waals surface area contributed by atoms with Gasteiger partial charge in [-0.3, -0.25) is 4.99 Å². The van der Waals surface area contributed by atoms with Crippen LogP contribution >= 0.6 is 24.0 Å². The first-order chi connectivity index (χ1) is 10.0. The van der Waals surface area contributed by atoms with Gasteiger partial charge >= 0.3 is 0 Å². The van der Waals surface area contributed by atoms with Crippen LogP contribution in [0.2, 0.25) is 0 Å². The number of nitrogens with one attached hydrogen (secondary N) is 2. The fourth-order valence-corrected chi connectivity index (χ4v) is 2.00. The topological polar surface area (TPSA) is 92.9 Å². The summed E-state index contributed by atoms with van der Waals surface area (Å²) in [6.45, 7) is 2.10. The van der Waals surface area contributed by atoms with Gasteiger partial charge in [0.05, 0.1) is 12.0 Å². The molecule has 0 saturated heterocycles. The van der Waals surface area contributed by atoms with Crippen LogP contribution in [0.5, 0.6) is 0 Å². The Labute approximate surface area is 148 Å². The van der Waals surface area contributed by atoms with Crippen molar-refractivity contribution in [1.29, 1.82) is 0 Å². The number of guanidine groups is 1. The molecule has 0 aromatic carbocycles. The van der Waals surface area contributed by atoms with Gasteiger partial charge in [0.1, 0.15) is 22.2 Å². The third-order valence-corrected chi connectivity index (χ3v) is 3.52. The highest BCUT2D eigenvalue weighted by Gasteiger charge is 2.03. The first-order valence-electron chi connectivity index (χ1n) is 6.73. The molecular weight excluding hydrogens is 421 g/mol. The Morgan fingerprint density at radius 2 is 2.09 bits per heavy atom. The zero-order chi connectivity index (χ0) is 15.6. The predicted octanol–water partition coefficient (Wildman–Crippen LogP) is 1.01. The SMILES string of the molecule is CN=C(NCCCOCc1ccco1)NCCS(C)(=O)=O.I. The van der Waals surface area contributed by atoms with Crippen LogP contribution in [0.3, 0.4) is 0 Å². The lowest BCUT2D eigenvalue weighted by Crippen LogP contribution is -2.40. The van der Waals surface area contributed by atoms with E-state index in [1.54, 1.807) is 13.3 Å². The smallest absolute Gasteiger partial charge is 0.191 e. The van der Waals surface area contributed by atoms with Crippen molar-refractivity contribution in [2.24, 2.45) is 4.99 Å². The van der Waals surface area contributed by atoms with E-state index in [2.05, 4.69) is 15.6 Å². The molecule has 0 radical (unpaired) electrons. The van der Waals surface area contributed by atoms with Crippen molar-refractivity contribution in [2.45, 2.75) is 13.0 Å². The van der Waals surface area contributed by atoms with Crippen molar-refractivity contribution in [3.05, 3.63) is 24.2 Å². The molecule has 0 saturated carbocycles. The summed E-state index contributed by atoms with van der Waals surface area (Å²) >= 11 is 0. The fraction of sp³-hybridized carbons (Fsp3) is 0.615. The number of halogens is 1. The van der Waals surface area contributed by atoms with E-state index in [0.717, 1.165) is 12.2 Å². The fourth-order valence-electron chi connectivity index (χ4n) is 1.52. The zero-order valence-corrected chi connectivity index (χ0v) is 16.0. The van der Waals surface area contributed by atoms with Crippen LogP contribution in [0.1, 0.15) is 12.2 Å². The van der Waals surface area contributed by atoms with Gasteiger partial charge in [0.25, 0.3) is 0 Å². The first-order valence-corrected chi connectivity index (χ1v) is 8.79. The van der Waals surface area contributed by atoms with Crippen molar-refractivity contribution in [1.82, 2.24) is 10.6 Å². The van der Waals surface area contributed by atoms with Crippen LogP contribution in [0, 0.1) is 0 Å². The Hall–Kier alpha value is -0.810. The minimum absolute atomic E-state index is 0. The molecular formula is C13H24IN3O4S. The van der Waals surface area contributed by atoms with E-state index < -0.39 is 9.84 Å². The minimum Gasteiger partial charge on any atom is -0.467 e. The van der Waals surface area contributed by atoms with Crippen LogP contribution < -0.4 is 10.6 Å². The first kappa shape index (κ1) is 21.2. The highest BCUT2D eigenvalue weighted by Crippen LogP contribution is 2.01. The third-order valence-electron chi connectivity index (χ3n) is 2.57. The number of aliphatic imine (C=N–C) groups is 1. The van der Waals surface area contributed by atoms with Crippen LogP contribution in [0.15, 0.2) is 27.8 Å². The monoisotopic (exact) mass is 445 g/mol. The van der Waals surface area contributed by atoms with E-state index >= 15 is 0 Å². The molecule has 0 fully saturated rings. The van der Waals surface area contributed by atoms with Crippen molar-refractivity contribution in [3.63, 3.8) is 0 Å². The van der Waals surface area contributed by atoms with E-state index in [1.807, 2.05) is 12.1 Å². The molecule has 1 heterocycles. The quantitative estimate of drug-likeness (QED) is 0.255. The van der Waals surface area contributed by atoms with E-state index in [-0.39, 0.29) is 29.7 Å². The van der Waals surface area contributed by atoms with Gasteiger partial charge in [0, 0.05) is 33.0 Å². The van der Waals surface area contributed by atoms with Gasteiger partial charge in [-0.05, 0) is 18.6 Å². The number of hydrogen-bond acceptors (Lipinski definition) is 5. The maximum Gasteiger partial charge on any atom is 0.191 e. The number of nitrogens with zero attached hydrogens (tertiary/aromatic N) is 1. The van der Waals surface area contributed by atoms with Gasteiger partial charge in [-0.15, -0.1) is 24.0 Å². The molecule has 0 aliphatic heterocycles. The molecule has 1 aromatic rings. The Balaban J connectivity index is 0.00000441. The Kier molecular flexibility index (Phi) is 11.3. The summed E-state index contributed by atoms with van der Waals surface area (Å²) in [6.07, 6.45) is 3.64. The summed E-state index contributed by atoms with van der Waals surface area (Å²) < 4.78 is 32.6. The number of sulfone groups is 1. The van der Waals surface area contributed by atoms with Crippen LogP contribution in [-0.4, -0.2) is 53.1 Å². The van der Waals surface area contributed by atoms with E-state index in [1.165, 1.54) is 6.26 Å². The lowest BCUT2D eigenvalue weighted by molar-refractivity contribution is 0.105. The second-order valence-electron chi connectivity index (χ2n) is 4.54. The maximum atomic E-state index is 11.0. The molecule has 1 rings (SSSR count). The van der Waals surface area contributed by atoms with Crippen molar-refractivity contribution in [3.8, 4) is 0 Å². The largest absolute Gasteiger partial charge is 0.467 e. The summed E-state index contributed by atoms with van der Waals surface area (Å²) in [5.41, 5.74) is 0. The number of hydrogen-bond donors (Lipinski definition) is 2. The van der Waals surface area contributed by atoms with Crippen molar-refractivity contribution >= 4 is 39.8 Å². The van der Waals surface area contributed by atoms with Gasteiger partial charge in [-0.25, -0.2) is 8.42 Å². The normalized spacial score (nSPS) is 11.8. The number of rotatable bonds is 9. The highest BCUT2D eigenvalue weighted by molar-refractivity contribution is 14.0. The van der Waals surface area contributed by atoms with Crippen LogP contribution in [0.25, 0.3) is 0 Å². The lowest BCUT2D eigenvalue weighted by atomic mass is 10.4. The second-order valence-corrected chi connectivity index (χ2v) is 6.80. The van der Waals surface area contributed by atoms with Crippen LogP contribution in [0.4, 0.5) is 0 Å². The van der Waals surface area contributed by atoms with Gasteiger partial charge < -0.3 is 19.8 Å². The standard InChI is InChI=1S/C13H23N3O4S.HI/c1-14-13(16-7-10-21(2,17)18)15-6-4-8-19-11-12-5-3-9-20-12;/h3,5,9H,4,6-8,10-11H2,1-2H3,(H2,14,15,16);1H. The summed E-state index contributed by atoms with van der Waals surface area (Å²) in [5, 5.41) is 6.03. The number of furan rings is 1. The lowest BCUT2D eigenvalue weighted by Gasteiger charge is -2.11. The van der Waals surface area contributed by atoms with Gasteiger partial charge in [-0.1, -0.05) is 0 Å². The molecule has 2 N–H and O–H groups in total. The van der Waals surface area contributed by atoms with Gasteiger partial charge in [-0.2, -0.15) is 0 Å². The zero-order valence-electron chi connectivity index (χ0n) is 12.9. The summed E-state index contributed by atoms with van der Waals surface area (Å²) in [6, 6.07) is 3.69. The summed E-state index contributed by atoms with van der Waals surface area (Å²) in [7, 11) is -1.31. The average molecular weight is 445 g/mol. The molecule has 1 aromatic heterocycles. The molecule has 0 unspecified atom stereocenters. The molecule has 7 nitrogen and oxygen atoms in total. The van der Waals surface area contributed by atoms with Crippen molar-refractivity contribution < 1.29 is 17.6 Å². The number of ether oxygens (including phenoxy) is 1. The van der Waals surface area contributed by atoms with Crippen molar-refractivity contribution in [2.75, 3.05) is 38.8 Å². The highest BCUT2D eigenvalue weighted by atomic mass is 127. The van der Waals surface area contributed by atoms with Gasteiger partial charge in [0.2, 0.25) is 0 Å². The predicted molar refractivity (Wildman–Crippen MR) is 97.5 cm³/mol. The van der Waals surface area contributed by atoms with Gasteiger partial charge in [0.15, 0.2) is 5.96 Å². The second kappa shape index (κ2) is 11.7. The van der Waals surface area contributed by atoms with E-state index in [4.69, 9.17) is 9.15 Å². The maximum absolute atomic E-state index is 11.0. The summed E-state index contributed by atoms with van der Waals surface area (Å²) in [4.78, 5) is 4.01. The molecule has 0 bridgehead atoms. The molecule has 128 valence electrons. The third kappa shape index (κ3) is 10.9. The van der Waals surface area contributed by atoms with Crippen LogP contribution in [-0.2, 0) is 21.2 Å². The Morgan fingerprint density at radius 1 is 1.36 bits per heavy atom. The van der Waals surface area contributed by atoms with E-state index in [9.17, 15) is 8.42 Å². The molecule has 9 heteroatoms.